The summed E-state index contributed by atoms with van der Waals surface area (Å²) >= 11 is 0. The van der Waals surface area contributed by atoms with E-state index in [1.807, 2.05) is 13.0 Å². The summed E-state index contributed by atoms with van der Waals surface area (Å²) in [4.78, 5) is 0. The second kappa shape index (κ2) is 1.81. The van der Waals surface area contributed by atoms with Crippen LogP contribution in [0.5, 0.6) is 0 Å². The summed E-state index contributed by atoms with van der Waals surface area (Å²) in [5, 5.41) is 7.06. The number of hydrogen-bond donors (Lipinski definition) is 1. The Morgan fingerprint density at radius 2 is 2.25 bits per heavy atom. The Balaban J connectivity index is 3.03. The molecule has 40 valence electrons. The van der Waals surface area contributed by atoms with Gasteiger partial charge in [0.2, 0.25) is 0 Å². The van der Waals surface area contributed by atoms with Gasteiger partial charge >= 0.3 is 0 Å². The molecular weight excluding hydrogens is 98.1 g/mol. The first kappa shape index (κ1) is 5.07. The molecule has 0 fully saturated rings. The van der Waals surface area contributed by atoms with Gasteiger partial charge in [0.25, 0.3) is 0 Å². The van der Waals surface area contributed by atoms with Crippen molar-refractivity contribution >= 4 is 5.71 Å². The topological polar surface area (TPSA) is 23.9 Å². The largest absolute Gasteiger partial charge is 0.300 e. The molecule has 1 heteroatoms. The zero-order valence-electron chi connectivity index (χ0n) is 4.73. The lowest BCUT2D eigenvalue weighted by Gasteiger charge is -1.90. The second-order valence-electron chi connectivity index (χ2n) is 1.76. The van der Waals surface area contributed by atoms with Crippen LogP contribution in [0.3, 0.4) is 0 Å². The SMILES string of the molecule is CC1=C=CC(=N)C=C1. The highest BCUT2D eigenvalue weighted by Gasteiger charge is 1.87. The molecule has 0 aromatic rings. The molecule has 1 rings (SSSR count). The zero-order valence-corrected chi connectivity index (χ0v) is 4.73. The van der Waals surface area contributed by atoms with E-state index in [0.29, 0.717) is 5.71 Å². The monoisotopic (exact) mass is 105 g/mol. The van der Waals surface area contributed by atoms with Crippen LogP contribution in [0, 0.1) is 5.41 Å². The minimum atomic E-state index is 0.524. The first-order valence-electron chi connectivity index (χ1n) is 2.49. The Morgan fingerprint density at radius 3 is 2.62 bits per heavy atom. The fourth-order valence-electron chi connectivity index (χ4n) is 0.503. The van der Waals surface area contributed by atoms with Gasteiger partial charge in [0, 0.05) is 6.08 Å². The van der Waals surface area contributed by atoms with E-state index in [1.54, 1.807) is 12.2 Å². The van der Waals surface area contributed by atoms with E-state index in [0.717, 1.165) is 5.57 Å². The molecule has 0 amide bonds. The van der Waals surface area contributed by atoms with Gasteiger partial charge in [0.15, 0.2) is 0 Å². The minimum Gasteiger partial charge on any atom is -0.300 e. The lowest BCUT2D eigenvalue weighted by Crippen LogP contribution is -1.85. The molecule has 0 bridgehead atoms. The summed E-state index contributed by atoms with van der Waals surface area (Å²) in [6.07, 6.45) is 5.30. The molecule has 0 spiro atoms. The van der Waals surface area contributed by atoms with E-state index in [1.165, 1.54) is 0 Å². The quantitative estimate of drug-likeness (QED) is 0.453. The molecule has 0 aromatic carbocycles. The average Bonchev–Trinajstić information content (AvgIpc) is 1.77. The van der Waals surface area contributed by atoms with Gasteiger partial charge in [-0.1, -0.05) is 0 Å². The summed E-state index contributed by atoms with van der Waals surface area (Å²) in [6.45, 7) is 1.96. The van der Waals surface area contributed by atoms with Crippen LogP contribution in [0.2, 0.25) is 0 Å². The van der Waals surface area contributed by atoms with Crippen molar-refractivity contribution in [3.63, 3.8) is 0 Å². The molecule has 0 unspecified atom stereocenters. The summed E-state index contributed by atoms with van der Waals surface area (Å²) in [5.41, 5.74) is 4.52. The molecule has 8 heavy (non-hydrogen) atoms. The van der Waals surface area contributed by atoms with Gasteiger partial charge in [-0.25, -0.2) is 0 Å². The lowest BCUT2D eigenvalue weighted by atomic mass is 10.2. The van der Waals surface area contributed by atoms with Crippen molar-refractivity contribution in [3.05, 3.63) is 29.5 Å². The standard InChI is InChI=1S/C7H7N/c1-6-2-4-7(8)5-3-6/h2,4-5,8H,1H3. The van der Waals surface area contributed by atoms with Crippen molar-refractivity contribution in [3.8, 4) is 0 Å². The van der Waals surface area contributed by atoms with Crippen molar-refractivity contribution in [2.45, 2.75) is 6.92 Å². The number of allylic oxidation sites excluding steroid dienone is 3. The van der Waals surface area contributed by atoms with Crippen LogP contribution in [-0.4, -0.2) is 5.71 Å². The molecule has 1 aliphatic rings. The first-order valence-corrected chi connectivity index (χ1v) is 2.49. The molecule has 0 heterocycles. The highest BCUT2D eigenvalue weighted by molar-refractivity contribution is 6.02. The summed E-state index contributed by atoms with van der Waals surface area (Å²) in [5.74, 6) is 0. The zero-order chi connectivity index (χ0) is 5.98. The smallest absolute Gasteiger partial charge is 0.0617 e. The van der Waals surface area contributed by atoms with Crippen molar-refractivity contribution in [2.24, 2.45) is 0 Å². The number of rotatable bonds is 0. The number of nitrogens with one attached hydrogen (secondary N) is 1. The Morgan fingerprint density at radius 1 is 1.50 bits per heavy atom. The van der Waals surface area contributed by atoms with E-state index < -0.39 is 0 Å². The van der Waals surface area contributed by atoms with Crippen molar-refractivity contribution in [1.29, 1.82) is 5.41 Å². The van der Waals surface area contributed by atoms with E-state index in [4.69, 9.17) is 5.41 Å². The van der Waals surface area contributed by atoms with E-state index in [2.05, 4.69) is 5.73 Å². The molecule has 1 aliphatic carbocycles. The van der Waals surface area contributed by atoms with Crippen LogP contribution in [0.4, 0.5) is 0 Å². The predicted molar refractivity (Wildman–Crippen MR) is 34.1 cm³/mol. The maximum atomic E-state index is 7.06. The van der Waals surface area contributed by atoms with Crippen LogP contribution < -0.4 is 0 Å². The van der Waals surface area contributed by atoms with Gasteiger partial charge in [0.1, 0.15) is 0 Å². The van der Waals surface area contributed by atoms with Crippen molar-refractivity contribution in [1.82, 2.24) is 0 Å². The fourth-order valence-corrected chi connectivity index (χ4v) is 0.503. The Bertz CT molecular complexity index is 202. The van der Waals surface area contributed by atoms with Gasteiger partial charge in [-0.05, 0) is 24.6 Å². The third-order valence-electron chi connectivity index (χ3n) is 0.968. The molecule has 1 nitrogen and oxygen atoms in total. The van der Waals surface area contributed by atoms with Crippen LogP contribution in [0.15, 0.2) is 29.5 Å². The number of hydrogen-bond acceptors (Lipinski definition) is 1. The molecule has 0 aromatic heterocycles. The van der Waals surface area contributed by atoms with Gasteiger partial charge < -0.3 is 5.41 Å². The second-order valence-corrected chi connectivity index (χ2v) is 1.76. The molecule has 0 radical (unpaired) electrons. The summed E-state index contributed by atoms with van der Waals surface area (Å²) in [7, 11) is 0. The summed E-state index contributed by atoms with van der Waals surface area (Å²) < 4.78 is 0. The normalized spacial score (nSPS) is 16.6. The highest BCUT2D eigenvalue weighted by Crippen LogP contribution is 1.97. The van der Waals surface area contributed by atoms with Crippen molar-refractivity contribution in [2.75, 3.05) is 0 Å². The minimum absolute atomic E-state index is 0.524. The molecule has 0 saturated carbocycles. The maximum Gasteiger partial charge on any atom is 0.0617 e. The fraction of sp³-hybridized carbons (Fsp3) is 0.143. The molecule has 1 N–H and O–H groups in total. The Hall–Kier alpha value is -1.07. The molecule has 0 atom stereocenters. The molecular formula is C7H7N. The van der Waals surface area contributed by atoms with Crippen LogP contribution in [0.1, 0.15) is 6.92 Å². The Labute approximate surface area is 48.5 Å². The van der Waals surface area contributed by atoms with Gasteiger partial charge in [-0.15, -0.1) is 5.73 Å². The van der Waals surface area contributed by atoms with Crippen LogP contribution in [-0.2, 0) is 0 Å². The molecule has 0 saturated heterocycles. The third kappa shape index (κ3) is 0.955. The van der Waals surface area contributed by atoms with Crippen LogP contribution in [0.25, 0.3) is 0 Å². The Kier molecular flexibility index (Phi) is 1.15. The van der Waals surface area contributed by atoms with Crippen molar-refractivity contribution < 1.29 is 0 Å². The average molecular weight is 105 g/mol. The third-order valence-corrected chi connectivity index (χ3v) is 0.968. The van der Waals surface area contributed by atoms with Crippen LogP contribution >= 0.6 is 0 Å². The lowest BCUT2D eigenvalue weighted by molar-refractivity contribution is 1.49. The van der Waals surface area contributed by atoms with E-state index in [9.17, 15) is 0 Å². The molecule has 0 aliphatic heterocycles. The van der Waals surface area contributed by atoms with Gasteiger partial charge in [-0.3, -0.25) is 0 Å². The predicted octanol–water partition coefficient (Wildman–Crippen LogP) is 1.68. The summed E-state index contributed by atoms with van der Waals surface area (Å²) in [6, 6.07) is 0. The van der Waals surface area contributed by atoms with Gasteiger partial charge in [0.05, 0.1) is 5.71 Å². The van der Waals surface area contributed by atoms with Gasteiger partial charge in [-0.2, -0.15) is 0 Å². The van der Waals surface area contributed by atoms with E-state index in [-0.39, 0.29) is 0 Å². The van der Waals surface area contributed by atoms with E-state index >= 15 is 0 Å². The highest BCUT2D eigenvalue weighted by atomic mass is 14.4. The first-order chi connectivity index (χ1) is 3.79. The maximum absolute atomic E-state index is 7.06.